The fourth-order valence-electron chi connectivity index (χ4n) is 3.16. The van der Waals surface area contributed by atoms with Crippen LogP contribution in [0.25, 0.3) is 10.9 Å². The minimum atomic E-state index is -0.796. The second-order valence-electron chi connectivity index (χ2n) is 6.38. The van der Waals surface area contributed by atoms with Crippen LogP contribution in [0.4, 0.5) is 0 Å². The van der Waals surface area contributed by atoms with Gasteiger partial charge in [-0.15, -0.1) is 0 Å². The first-order chi connectivity index (χ1) is 13.5. The van der Waals surface area contributed by atoms with Crippen LogP contribution >= 0.6 is 15.9 Å². The van der Waals surface area contributed by atoms with E-state index in [2.05, 4.69) is 21.2 Å². The highest BCUT2D eigenvalue weighted by Crippen LogP contribution is 2.24. The van der Waals surface area contributed by atoms with Crippen molar-refractivity contribution in [2.75, 3.05) is 6.61 Å². The van der Waals surface area contributed by atoms with E-state index in [4.69, 9.17) is 4.74 Å². The molecule has 140 valence electrons. The number of nitrogens with zero attached hydrogens (tertiary/aromatic N) is 1. The predicted molar refractivity (Wildman–Crippen MR) is 107 cm³/mol. The third-order valence-corrected chi connectivity index (χ3v) is 4.91. The molecule has 6 nitrogen and oxygen atoms in total. The molecule has 0 saturated carbocycles. The fraction of sp³-hybridized carbons (Fsp3) is 0.0952. The summed E-state index contributed by atoms with van der Waals surface area (Å²) >= 11 is 3.46. The van der Waals surface area contributed by atoms with Gasteiger partial charge in [0.15, 0.2) is 0 Å². The van der Waals surface area contributed by atoms with Gasteiger partial charge in [0.05, 0.1) is 11.3 Å². The maximum atomic E-state index is 12.8. The number of benzene rings is 2. The van der Waals surface area contributed by atoms with Gasteiger partial charge in [0.2, 0.25) is 0 Å². The second-order valence-corrected chi connectivity index (χ2v) is 7.29. The van der Waals surface area contributed by atoms with Gasteiger partial charge in [0.1, 0.15) is 6.61 Å². The predicted octanol–water partition coefficient (Wildman–Crippen LogP) is 3.19. The molecule has 0 fully saturated rings. The lowest BCUT2D eigenvalue weighted by Crippen LogP contribution is -2.31. The largest absolute Gasteiger partial charge is 0.456 e. The molecule has 7 heteroatoms. The molecule has 4 rings (SSSR count). The van der Waals surface area contributed by atoms with Gasteiger partial charge in [-0.25, -0.2) is 4.79 Å². The molecule has 0 unspecified atom stereocenters. The van der Waals surface area contributed by atoms with Crippen LogP contribution in [0.5, 0.6) is 0 Å². The average molecular weight is 439 g/mol. The van der Waals surface area contributed by atoms with E-state index < -0.39 is 17.7 Å². The monoisotopic (exact) mass is 438 g/mol. The normalized spacial score (nSPS) is 13.3. The van der Waals surface area contributed by atoms with Crippen molar-refractivity contribution in [1.29, 1.82) is 0 Å². The topological polar surface area (TPSA) is 77.4 Å². The highest BCUT2D eigenvalue weighted by Gasteiger charge is 2.24. The molecule has 0 saturated heterocycles. The number of carbonyl (C=O) groups excluding carboxylic acids is 3. The number of ketones is 1. The molecule has 2 heterocycles. The zero-order chi connectivity index (χ0) is 19.7. The first-order valence-corrected chi connectivity index (χ1v) is 9.36. The number of carbonyl (C=O) groups is 3. The zero-order valence-electron chi connectivity index (χ0n) is 14.6. The number of para-hydroxylation sites is 1. The van der Waals surface area contributed by atoms with Crippen molar-refractivity contribution >= 4 is 44.5 Å². The lowest BCUT2D eigenvalue weighted by Gasteiger charge is -2.06. The highest BCUT2D eigenvalue weighted by molar-refractivity contribution is 9.10. The molecule has 1 amide bonds. The van der Waals surface area contributed by atoms with Gasteiger partial charge in [0, 0.05) is 34.2 Å². The molecule has 0 aliphatic carbocycles. The van der Waals surface area contributed by atoms with Crippen LogP contribution in [0.15, 0.2) is 71.0 Å². The third kappa shape index (κ3) is 3.61. The summed E-state index contributed by atoms with van der Waals surface area (Å²) in [5, 5.41) is 3.15. The number of cyclic esters (lactones) is 1. The van der Waals surface area contributed by atoms with Crippen molar-refractivity contribution in [3.05, 3.63) is 82.1 Å². The van der Waals surface area contributed by atoms with Gasteiger partial charge in [-0.2, -0.15) is 0 Å². The van der Waals surface area contributed by atoms with Gasteiger partial charge in [-0.05, 0) is 23.8 Å². The molecular weight excluding hydrogens is 424 g/mol. The van der Waals surface area contributed by atoms with Crippen LogP contribution in [0, 0.1) is 0 Å². The molecule has 0 radical (unpaired) electrons. The molecule has 1 N–H and O–H groups in total. The maximum absolute atomic E-state index is 12.8. The Morgan fingerprint density at radius 3 is 2.71 bits per heavy atom. The van der Waals surface area contributed by atoms with Gasteiger partial charge >= 0.3 is 5.97 Å². The Hall–Kier alpha value is -3.19. The molecular formula is C21H15BrN2O4. The van der Waals surface area contributed by atoms with Gasteiger partial charge < -0.3 is 14.6 Å². The number of nitrogens with one attached hydrogen (secondary N) is 1. The van der Waals surface area contributed by atoms with Gasteiger partial charge in [-0.1, -0.05) is 46.3 Å². The fourth-order valence-corrected chi connectivity index (χ4v) is 3.61. The number of hydrogen-bond acceptors (Lipinski definition) is 4. The summed E-state index contributed by atoms with van der Waals surface area (Å²) < 4.78 is 7.65. The summed E-state index contributed by atoms with van der Waals surface area (Å²) in [6, 6.07) is 15.3. The number of esters is 1. The summed E-state index contributed by atoms with van der Waals surface area (Å²) in [5.74, 6) is -1.99. The summed E-state index contributed by atoms with van der Waals surface area (Å²) in [7, 11) is 0. The minimum absolute atomic E-state index is 0.0392. The quantitative estimate of drug-likeness (QED) is 0.377. The SMILES string of the molecule is O=C1C=C(NC(=O)C(=O)c2cn(Cc3cccc(Br)c3)c3ccccc23)CO1. The number of amides is 1. The number of hydrogen-bond donors (Lipinski definition) is 1. The Morgan fingerprint density at radius 1 is 1.14 bits per heavy atom. The Morgan fingerprint density at radius 2 is 1.96 bits per heavy atom. The molecule has 0 atom stereocenters. The molecule has 1 aromatic heterocycles. The van der Waals surface area contributed by atoms with Crippen LogP contribution in [0.3, 0.4) is 0 Å². The summed E-state index contributed by atoms with van der Waals surface area (Å²) in [4.78, 5) is 36.2. The molecule has 2 aromatic carbocycles. The molecule has 0 bridgehead atoms. The Bertz CT molecular complexity index is 1150. The summed E-state index contributed by atoms with van der Waals surface area (Å²) in [6.45, 7) is 0.519. The first-order valence-electron chi connectivity index (χ1n) is 8.56. The lowest BCUT2D eigenvalue weighted by atomic mass is 10.1. The van der Waals surface area contributed by atoms with E-state index in [0.717, 1.165) is 15.6 Å². The molecule has 0 spiro atoms. The van der Waals surface area contributed by atoms with Crippen molar-refractivity contribution < 1.29 is 19.1 Å². The van der Waals surface area contributed by atoms with Crippen LogP contribution in [0.1, 0.15) is 15.9 Å². The number of fused-ring (bicyclic) bond motifs is 1. The molecule has 1 aliphatic rings. The summed E-state index contributed by atoms with van der Waals surface area (Å²) in [6.07, 6.45) is 2.86. The van der Waals surface area contributed by atoms with Crippen molar-refractivity contribution in [1.82, 2.24) is 9.88 Å². The van der Waals surface area contributed by atoms with E-state index in [1.165, 1.54) is 6.08 Å². The number of aromatic nitrogens is 1. The Kier molecular flexibility index (Phi) is 4.83. The molecule has 28 heavy (non-hydrogen) atoms. The zero-order valence-corrected chi connectivity index (χ0v) is 16.2. The summed E-state index contributed by atoms with van der Waals surface area (Å²) in [5.41, 5.74) is 2.51. The van der Waals surface area contributed by atoms with Gasteiger partial charge in [-0.3, -0.25) is 9.59 Å². The maximum Gasteiger partial charge on any atom is 0.333 e. The average Bonchev–Trinajstić information content (AvgIpc) is 3.25. The van der Waals surface area contributed by atoms with E-state index >= 15 is 0 Å². The van der Waals surface area contributed by atoms with Crippen molar-refractivity contribution in [3.8, 4) is 0 Å². The van der Waals surface area contributed by atoms with Gasteiger partial charge in [0.25, 0.3) is 11.7 Å². The van der Waals surface area contributed by atoms with Crippen LogP contribution in [-0.2, 0) is 20.9 Å². The molecule has 3 aromatic rings. The number of rotatable bonds is 5. The number of ether oxygens (including phenoxy) is 1. The van der Waals surface area contributed by atoms with Crippen molar-refractivity contribution in [3.63, 3.8) is 0 Å². The second kappa shape index (κ2) is 7.44. The van der Waals surface area contributed by atoms with Crippen molar-refractivity contribution in [2.45, 2.75) is 6.54 Å². The van der Waals surface area contributed by atoms with E-state index in [-0.39, 0.29) is 12.3 Å². The number of halogens is 1. The van der Waals surface area contributed by atoms with Crippen LogP contribution in [0.2, 0.25) is 0 Å². The standard InChI is InChI=1S/C21H15BrN2O4/c22-14-5-3-4-13(8-14)10-24-11-17(16-6-1-2-7-18(16)24)20(26)21(27)23-15-9-19(25)28-12-15/h1-9,11H,10,12H2,(H,23,27). The molecule has 1 aliphatic heterocycles. The van der Waals surface area contributed by atoms with Crippen molar-refractivity contribution in [2.24, 2.45) is 0 Å². The van der Waals surface area contributed by atoms with E-state index in [9.17, 15) is 14.4 Å². The first kappa shape index (κ1) is 18.2. The van der Waals surface area contributed by atoms with E-state index in [1.807, 2.05) is 53.1 Å². The lowest BCUT2D eigenvalue weighted by molar-refractivity contribution is -0.135. The van der Waals surface area contributed by atoms with Crippen LogP contribution < -0.4 is 5.32 Å². The number of Topliss-reactive ketones (excluding diaryl/α,β-unsaturated/α-hetero) is 1. The Balaban J connectivity index is 1.65. The highest BCUT2D eigenvalue weighted by atomic mass is 79.9. The Labute approximate surface area is 168 Å². The minimum Gasteiger partial charge on any atom is -0.456 e. The van der Waals surface area contributed by atoms with E-state index in [1.54, 1.807) is 6.20 Å². The smallest absolute Gasteiger partial charge is 0.333 e. The van der Waals surface area contributed by atoms with Crippen LogP contribution in [-0.4, -0.2) is 28.8 Å². The third-order valence-electron chi connectivity index (χ3n) is 4.42. The van der Waals surface area contributed by atoms with E-state index in [0.29, 0.717) is 17.5 Å².